The highest BCUT2D eigenvalue weighted by Crippen LogP contribution is 2.37. The van der Waals surface area contributed by atoms with Gasteiger partial charge in [-0.15, -0.1) is 11.8 Å². The zero-order valence-electron chi connectivity index (χ0n) is 13.1. The Morgan fingerprint density at radius 2 is 2.30 bits per heavy atom. The summed E-state index contributed by atoms with van der Waals surface area (Å²) >= 11 is 7.59. The molecule has 2 atom stereocenters. The van der Waals surface area contributed by atoms with Crippen LogP contribution in [0.3, 0.4) is 0 Å². The van der Waals surface area contributed by atoms with Crippen LogP contribution in [0.1, 0.15) is 32.3 Å². The molecule has 0 bridgehead atoms. The van der Waals surface area contributed by atoms with Gasteiger partial charge in [0.05, 0.1) is 12.2 Å². The van der Waals surface area contributed by atoms with E-state index in [4.69, 9.17) is 16.3 Å². The molecule has 6 heteroatoms. The number of thioether (sulfide) groups is 1. The van der Waals surface area contributed by atoms with Gasteiger partial charge in [0.1, 0.15) is 5.82 Å². The van der Waals surface area contributed by atoms with Crippen LogP contribution >= 0.6 is 23.4 Å². The number of halogens is 2. The molecule has 23 heavy (non-hydrogen) atoms. The highest BCUT2D eigenvalue weighted by atomic mass is 35.5. The van der Waals surface area contributed by atoms with E-state index in [0.717, 1.165) is 5.56 Å². The molecule has 1 aliphatic rings. The van der Waals surface area contributed by atoms with Crippen LogP contribution in [-0.4, -0.2) is 28.5 Å². The number of carbonyl (C=O) groups excluding carboxylic acids is 1. The van der Waals surface area contributed by atoms with E-state index < -0.39 is 11.6 Å². The number of rotatable bonds is 5. The third kappa shape index (κ3) is 4.96. The quantitative estimate of drug-likeness (QED) is 0.804. The standard InChI is InChI=1S/C17H20ClFO3S/c1-3-22-16(20)13-9-17(2,21)7-6-15(13)23-10-11-4-5-12(19)8-14(11)18/h4-5,8-9,15,21H,3,6-7,10H2,1-2H3. The molecule has 0 amide bonds. The van der Waals surface area contributed by atoms with Gasteiger partial charge in [0.25, 0.3) is 0 Å². The number of aliphatic hydroxyl groups is 1. The fourth-order valence-electron chi connectivity index (χ4n) is 2.49. The minimum Gasteiger partial charge on any atom is -0.463 e. The maximum atomic E-state index is 13.1. The summed E-state index contributed by atoms with van der Waals surface area (Å²) in [5.41, 5.74) is 0.317. The van der Waals surface area contributed by atoms with Crippen LogP contribution in [0.4, 0.5) is 4.39 Å². The third-order valence-corrected chi connectivity index (χ3v) is 5.41. The first-order valence-corrected chi connectivity index (χ1v) is 8.93. The van der Waals surface area contributed by atoms with Crippen molar-refractivity contribution in [3.63, 3.8) is 0 Å². The first-order valence-electron chi connectivity index (χ1n) is 7.50. The number of ether oxygens (including phenoxy) is 1. The molecule has 1 aromatic rings. The van der Waals surface area contributed by atoms with Crippen molar-refractivity contribution in [2.24, 2.45) is 0 Å². The molecule has 2 unspecified atom stereocenters. The van der Waals surface area contributed by atoms with Crippen LogP contribution in [-0.2, 0) is 15.3 Å². The predicted molar refractivity (Wildman–Crippen MR) is 91.1 cm³/mol. The number of hydrogen-bond donors (Lipinski definition) is 1. The van der Waals surface area contributed by atoms with E-state index in [9.17, 15) is 14.3 Å². The Bertz CT molecular complexity index is 616. The summed E-state index contributed by atoms with van der Waals surface area (Å²) in [6, 6.07) is 4.30. The molecule has 2 rings (SSSR count). The van der Waals surface area contributed by atoms with Crippen LogP contribution in [0, 0.1) is 5.82 Å². The minimum absolute atomic E-state index is 0.0737. The molecule has 0 heterocycles. The lowest BCUT2D eigenvalue weighted by atomic mass is 9.88. The first kappa shape index (κ1) is 18.3. The first-order chi connectivity index (χ1) is 10.8. The van der Waals surface area contributed by atoms with Crippen LogP contribution in [0.25, 0.3) is 0 Å². The second kappa shape index (κ2) is 7.69. The number of esters is 1. The summed E-state index contributed by atoms with van der Waals surface area (Å²) in [7, 11) is 0. The Morgan fingerprint density at radius 1 is 1.57 bits per heavy atom. The largest absolute Gasteiger partial charge is 0.463 e. The van der Waals surface area contributed by atoms with Crippen LogP contribution in [0.15, 0.2) is 29.8 Å². The van der Waals surface area contributed by atoms with Gasteiger partial charge in [-0.2, -0.15) is 0 Å². The molecule has 1 N–H and O–H groups in total. The third-order valence-electron chi connectivity index (χ3n) is 3.69. The highest BCUT2D eigenvalue weighted by molar-refractivity contribution is 7.99. The zero-order valence-corrected chi connectivity index (χ0v) is 14.7. The van der Waals surface area contributed by atoms with Gasteiger partial charge in [-0.1, -0.05) is 17.7 Å². The average Bonchev–Trinajstić information content (AvgIpc) is 2.47. The number of hydrogen-bond acceptors (Lipinski definition) is 4. The monoisotopic (exact) mass is 358 g/mol. The van der Waals surface area contributed by atoms with Crippen LogP contribution in [0.5, 0.6) is 0 Å². The van der Waals surface area contributed by atoms with Gasteiger partial charge < -0.3 is 9.84 Å². The van der Waals surface area contributed by atoms with E-state index in [1.54, 1.807) is 37.8 Å². The summed E-state index contributed by atoms with van der Waals surface area (Å²) in [6.45, 7) is 3.73. The van der Waals surface area contributed by atoms with Gasteiger partial charge >= 0.3 is 5.97 Å². The second-order valence-corrected chi connectivity index (χ2v) is 7.35. The molecule has 0 aromatic heterocycles. The maximum Gasteiger partial charge on any atom is 0.334 e. The molecular formula is C17H20ClFO3S. The lowest BCUT2D eigenvalue weighted by Gasteiger charge is -2.31. The Morgan fingerprint density at radius 3 is 2.96 bits per heavy atom. The van der Waals surface area contributed by atoms with Crippen LogP contribution in [0.2, 0.25) is 5.02 Å². The van der Waals surface area contributed by atoms with E-state index in [2.05, 4.69) is 0 Å². The average molecular weight is 359 g/mol. The van der Waals surface area contributed by atoms with Gasteiger partial charge in [0.15, 0.2) is 0 Å². The van der Waals surface area contributed by atoms with Gasteiger partial charge in [-0.05, 0) is 50.5 Å². The Kier molecular flexibility index (Phi) is 6.12. The summed E-state index contributed by atoms with van der Waals surface area (Å²) in [6.07, 6.45) is 2.84. The topological polar surface area (TPSA) is 46.5 Å². The fourth-order valence-corrected chi connectivity index (χ4v) is 4.06. The van der Waals surface area contributed by atoms with E-state index in [-0.39, 0.29) is 11.1 Å². The molecule has 3 nitrogen and oxygen atoms in total. The van der Waals surface area contributed by atoms with Gasteiger partial charge in [-0.3, -0.25) is 0 Å². The summed E-state index contributed by atoms with van der Waals surface area (Å²) in [5, 5.41) is 10.5. The minimum atomic E-state index is -0.993. The summed E-state index contributed by atoms with van der Waals surface area (Å²) in [4.78, 5) is 12.1. The SMILES string of the molecule is CCOC(=O)C1=CC(C)(O)CCC1SCc1ccc(F)cc1Cl. The van der Waals surface area contributed by atoms with Gasteiger partial charge in [0.2, 0.25) is 0 Å². The number of carbonyl (C=O) groups is 1. The molecule has 0 spiro atoms. The molecule has 0 saturated carbocycles. The molecule has 0 aliphatic heterocycles. The molecule has 1 aliphatic carbocycles. The van der Waals surface area contributed by atoms with E-state index in [1.807, 2.05) is 0 Å². The normalized spacial score (nSPS) is 24.2. The van der Waals surface area contributed by atoms with Crippen molar-refractivity contribution in [1.29, 1.82) is 0 Å². The smallest absolute Gasteiger partial charge is 0.334 e. The lowest BCUT2D eigenvalue weighted by Crippen LogP contribution is -2.33. The lowest BCUT2D eigenvalue weighted by molar-refractivity contribution is -0.139. The Balaban J connectivity index is 2.12. The zero-order chi connectivity index (χ0) is 17.0. The van der Waals surface area contributed by atoms with Crippen molar-refractivity contribution in [2.75, 3.05) is 6.61 Å². The molecule has 1 aromatic carbocycles. The van der Waals surface area contributed by atoms with Crippen molar-refractivity contribution in [3.8, 4) is 0 Å². The predicted octanol–water partition coefficient (Wildman–Crippen LogP) is 4.12. The Hall–Kier alpha value is -1.04. The fraction of sp³-hybridized carbons (Fsp3) is 0.471. The van der Waals surface area contributed by atoms with Crippen molar-refractivity contribution < 1.29 is 19.0 Å². The molecule has 0 fully saturated rings. The molecule has 0 radical (unpaired) electrons. The van der Waals surface area contributed by atoms with Crippen molar-refractivity contribution >= 4 is 29.3 Å². The van der Waals surface area contributed by atoms with E-state index >= 15 is 0 Å². The molecular weight excluding hydrogens is 339 g/mol. The second-order valence-electron chi connectivity index (χ2n) is 5.75. The number of benzene rings is 1. The molecule has 0 saturated heterocycles. The van der Waals surface area contributed by atoms with Gasteiger partial charge in [-0.25, -0.2) is 9.18 Å². The Labute approximate surface area is 144 Å². The highest BCUT2D eigenvalue weighted by Gasteiger charge is 2.33. The van der Waals surface area contributed by atoms with Gasteiger partial charge in [0, 0.05) is 21.6 Å². The molecule has 126 valence electrons. The van der Waals surface area contributed by atoms with Crippen molar-refractivity contribution in [3.05, 3.63) is 46.3 Å². The van der Waals surface area contributed by atoms with E-state index in [0.29, 0.717) is 35.8 Å². The van der Waals surface area contributed by atoms with Crippen molar-refractivity contribution in [1.82, 2.24) is 0 Å². The summed E-state index contributed by atoms with van der Waals surface area (Å²) < 4.78 is 18.2. The maximum absolute atomic E-state index is 13.1. The van der Waals surface area contributed by atoms with Crippen LogP contribution < -0.4 is 0 Å². The van der Waals surface area contributed by atoms with Crippen molar-refractivity contribution in [2.45, 2.75) is 43.3 Å². The summed E-state index contributed by atoms with van der Waals surface area (Å²) in [5.74, 6) is -0.206. The van der Waals surface area contributed by atoms with E-state index in [1.165, 1.54) is 12.1 Å².